The summed E-state index contributed by atoms with van der Waals surface area (Å²) in [5.41, 5.74) is 5.18. The zero-order chi connectivity index (χ0) is 28.8. The van der Waals surface area contributed by atoms with Gasteiger partial charge in [0.1, 0.15) is 0 Å². The van der Waals surface area contributed by atoms with Crippen molar-refractivity contribution in [2.24, 2.45) is 0 Å². The quantitative estimate of drug-likeness (QED) is 0.230. The van der Waals surface area contributed by atoms with Crippen LogP contribution >= 0.6 is 23.5 Å². The van der Waals surface area contributed by atoms with Crippen LogP contribution in [-0.2, 0) is 9.59 Å². The van der Waals surface area contributed by atoms with Gasteiger partial charge in [-0.25, -0.2) is 9.59 Å². The van der Waals surface area contributed by atoms with Crippen LogP contribution in [0, 0.1) is 27.7 Å². The number of carboxylic acid groups (broad SMARTS) is 2. The number of carbonyl (C=O) groups is 2. The second-order valence-corrected chi connectivity index (χ2v) is 10.9. The number of rotatable bonds is 6. The van der Waals surface area contributed by atoms with Gasteiger partial charge in [0.25, 0.3) is 0 Å². The first kappa shape index (κ1) is 31.5. The number of hydrogen-bond donors (Lipinski definition) is 2. The molecule has 0 aliphatic heterocycles. The molecule has 0 amide bonds. The van der Waals surface area contributed by atoms with Gasteiger partial charge in [0, 0.05) is 31.2 Å². The minimum atomic E-state index is -1.24. The Morgan fingerprint density at radius 3 is 0.974 bits per heavy atom. The number of aliphatic carboxylic acids is 2. The van der Waals surface area contributed by atoms with Gasteiger partial charge in [0.15, 0.2) is 0 Å². The summed E-state index contributed by atoms with van der Waals surface area (Å²) in [4.78, 5) is 25.0. The van der Waals surface area contributed by atoms with Gasteiger partial charge >= 0.3 is 11.9 Å². The van der Waals surface area contributed by atoms with Gasteiger partial charge in [-0.1, -0.05) is 96.3 Å². The monoisotopic (exact) mass is 558 g/mol. The highest BCUT2D eigenvalue weighted by molar-refractivity contribution is 7.99. The molecule has 4 aromatic rings. The van der Waals surface area contributed by atoms with Gasteiger partial charge in [0.05, 0.1) is 0 Å². The second kappa shape index (κ2) is 16.3. The van der Waals surface area contributed by atoms with Crippen molar-refractivity contribution in [1.29, 1.82) is 0 Å². The van der Waals surface area contributed by atoms with Crippen LogP contribution in [0.4, 0.5) is 0 Å². The molecule has 0 saturated heterocycles. The van der Waals surface area contributed by atoms with E-state index >= 15 is 0 Å². The minimum Gasteiger partial charge on any atom is -0.478 e. The molecule has 0 heterocycles. The molecule has 0 fully saturated rings. The van der Waals surface area contributed by atoms with E-state index in [9.17, 15) is 9.59 Å². The molecule has 0 aliphatic rings. The third-order valence-corrected chi connectivity index (χ3v) is 8.20. The van der Waals surface area contributed by atoms with Crippen molar-refractivity contribution in [1.82, 2.24) is 0 Å². The van der Waals surface area contributed by atoms with Crippen molar-refractivity contribution < 1.29 is 19.8 Å². The van der Waals surface area contributed by atoms with E-state index in [2.05, 4.69) is 125 Å². The number of hydrogen-bond acceptors (Lipinski definition) is 4. The zero-order valence-corrected chi connectivity index (χ0v) is 24.5. The van der Waals surface area contributed by atoms with E-state index in [1.807, 2.05) is 23.5 Å². The normalized spacial score (nSPS) is 10.4. The summed E-state index contributed by atoms with van der Waals surface area (Å²) >= 11 is 3.68. The SMILES string of the molecule is C/C(=C/C(=O)O)C(=O)O.Cc1ccccc1Sc1ccccc1C.Cc1ccccc1Sc1ccccc1C. The highest BCUT2D eigenvalue weighted by Crippen LogP contribution is 2.32. The molecule has 4 nitrogen and oxygen atoms in total. The number of carboxylic acids is 2. The van der Waals surface area contributed by atoms with Gasteiger partial charge in [-0.3, -0.25) is 0 Å². The fourth-order valence-corrected chi connectivity index (χ4v) is 5.14. The lowest BCUT2D eigenvalue weighted by Crippen LogP contribution is -1.99. The maximum atomic E-state index is 9.90. The van der Waals surface area contributed by atoms with Crippen LogP contribution in [-0.4, -0.2) is 22.2 Å². The van der Waals surface area contributed by atoms with Gasteiger partial charge in [-0.15, -0.1) is 0 Å². The van der Waals surface area contributed by atoms with Crippen molar-refractivity contribution in [2.45, 2.75) is 54.2 Å². The first-order chi connectivity index (χ1) is 18.6. The molecule has 202 valence electrons. The van der Waals surface area contributed by atoms with Gasteiger partial charge in [-0.2, -0.15) is 0 Å². The van der Waals surface area contributed by atoms with Crippen LogP contribution in [0.2, 0.25) is 0 Å². The van der Waals surface area contributed by atoms with Crippen molar-refractivity contribution in [2.75, 3.05) is 0 Å². The standard InChI is InChI=1S/2C14H14S.C5H6O4/c2*1-11-7-3-5-9-13(11)15-14-10-6-4-8-12(14)2;1-3(5(8)9)2-4(6)7/h2*3-10H,1-2H3;2H,1H3,(H,6,7)(H,8,9)/b;;3-2-. The van der Waals surface area contributed by atoms with Gasteiger partial charge in [-0.05, 0) is 81.1 Å². The maximum Gasteiger partial charge on any atom is 0.331 e. The van der Waals surface area contributed by atoms with Crippen LogP contribution in [0.25, 0.3) is 0 Å². The summed E-state index contributed by atoms with van der Waals surface area (Å²) in [6, 6.07) is 34.0. The highest BCUT2D eigenvalue weighted by atomic mass is 32.2. The maximum absolute atomic E-state index is 9.90. The third-order valence-electron chi connectivity index (χ3n) is 5.49. The Kier molecular flexibility index (Phi) is 13.1. The molecule has 6 heteroatoms. The summed E-state index contributed by atoms with van der Waals surface area (Å²) in [6.45, 7) is 9.83. The highest BCUT2D eigenvalue weighted by Gasteiger charge is 2.03. The lowest BCUT2D eigenvalue weighted by molar-refractivity contribution is -0.135. The molecule has 2 N–H and O–H groups in total. The average Bonchev–Trinajstić information content (AvgIpc) is 2.90. The number of benzene rings is 4. The van der Waals surface area contributed by atoms with Crippen molar-refractivity contribution in [3.8, 4) is 0 Å². The predicted molar refractivity (Wildman–Crippen MR) is 162 cm³/mol. The van der Waals surface area contributed by atoms with E-state index in [1.54, 1.807) is 0 Å². The molecule has 39 heavy (non-hydrogen) atoms. The zero-order valence-electron chi connectivity index (χ0n) is 22.8. The van der Waals surface area contributed by atoms with Crippen LogP contribution < -0.4 is 0 Å². The number of aryl methyl sites for hydroxylation is 4. The van der Waals surface area contributed by atoms with Crippen LogP contribution in [0.5, 0.6) is 0 Å². The van der Waals surface area contributed by atoms with Gasteiger partial charge in [0.2, 0.25) is 0 Å². The van der Waals surface area contributed by atoms with Crippen LogP contribution in [0.15, 0.2) is 128 Å². The first-order valence-corrected chi connectivity index (χ1v) is 13.9. The molecule has 0 aromatic heterocycles. The smallest absolute Gasteiger partial charge is 0.331 e. The fourth-order valence-electron chi connectivity index (χ4n) is 3.17. The minimum absolute atomic E-state index is 0.178. The Morgan fingerprint density at radius 2 is 0.795 bits per heavy atom. The van der Waals surface area contributed by atoms with E-state index in [4.69, 9.17) is 10.2 Å². The molecule has 0 bridgehead atoms. The lowest BCUT2D eigenvalue weighted by Gasteiger charge is -2.07. The van der Waals surface area contributed by atoms with Crippen LogP contribution in [0.3, 0.4) is 0 Å². The predicted octanol–water partition coefficient (Wildman–Crippen LogP) is 9.01. The molecular formula is C33H34O4S2. The molecule has 0 saturated carbocycles. The molecule has 0 atom stereocenters. The summed E-state index contributed by atoms with van der Waals surface area (Å²) < 4.78 is 0. The topological polar surface area (TPSA) is 74.6 Å². The average molecular weight is 559 g/mol. The lowest BCUT2D eigenvalue weighted by atomic mass is 10.2. The summed E-state index contributed by atoms with van der Waals surface area (Å²) in [7, 11) is 0. The second-order valence-electron chi connectivity index (χ2n) is 8.74. The third kappa shape index (κ3) is 11.3. The molecular weight excluding hydrogens is 524 g/mol. The Balaban J connectivity index is 0.000000213. The molecule has 4 rings (SSSR count). The fraction of sp³-hybridized carbons (Fsp3) is 0.152. The van der Waals surface area contributed by atoms with Crippen LogP contribution in [0.1, 0.15) is 29.2 Å². The van der Waals surface area contributed by atoms with Crippen molar-refractivity contribution in [3.05, 3.63) is 131 Å². The van der Waals surface area contributed by atoms with Crippen molar-refractivity contribution >= 4 is 35.5 Å². The molecule has 0 spiro atoms. The molecule has 0 radical (unpaired) electrons. The van der Waals surface area contributed by atoms with E-state index in [0.717, 1.165) is 0 Å². The largest absolute Gasteiger partial charge is 0.478 e. The molecule has 0 unspecified atom stereocenters. The summed E-state index contributed by atoms with van der Waals surface area (Å²) in [6.07, 6.45) is 0.641. The Morgan fingerprint density at radius 1 is 0.538 bits per heavy atom. The molecule has 0 aliphatic carbocycles. The van der Waals surface area contributed by atoms with E-state index < -0.39 is 11.9 Å². The van der Waals surface area contributed by atoms with Crippen molar-refractivity contribution in [3.63, 3.8) is 0 Å². The first-order valence-electron chi connectivity index (χ1n) is 12.3. The Labute approximate surface area is 239 Å². The van der Waals surface area contributed by atoms with E-state index in [-0.39, 0.29) is 5.57 Å². The summed E-state index contributed by atoms with van der Waals surface area (Å²) in [5.74, 6) is -2.45. The Bertz CT molecular complexity index is 1250. The van der Waals surface area contributed by atoms with E-state index in [1.165, 1.54) is 48.8 Å². The van der Waals surface area contributed by atoms with E-state index in [0.29, 0.717) is 6.08 Å². The van der Waals surface area contributed by atoms with Gasteiger partial charge < -0.3 is 10.2 Å². The molecule has 4 aromatic carbocycles. The summed E-state index contributed by atoms with van der Waals surface area (Å²) in [5, 5.41) is 16.1. The Hall–Kier alpha value is -3.74.